The highest BCUT2D eigenvalue weighted by molar-refractivity contribution is 5.91. The van der Waals surface area contributed by atoms with Crippen molar-refractivity contribution in [1.29, 1.82) is 0 Å². The van der Waals surface area contributed by atoms with Gasteiger partial charge < -0.3 is 47.7 Å². The topological polar surface area (TPSA) is 248 Å². The van der Waals surface area contributed by atoms with Gasteiger partial charge in [-0.1, -0.05) is 93.8 Å². The average molecular weight is 808 g/mol. The third-order valence-corrected chi connectivity index (χ3v) is 8.81. The summed E-state index contributed by atoms with van der Waals surface area (Å²) in [5.74, 6) is -4.13. The number of carbonyl (C=O) groups is 5. The van der Waals surface area contributed by atoms with Gasteiger partial charge in [-0.25, -0.2) is 9.59 Å². The smallest absolute Gasteiger partial charge is 0.475 e. The lowest BCUT2D eigenvalue weighted by Gasteiger charge is -2.29. The molecular formula is C39H56F3N7O8. The van der Waals surface area contributed by atoms with Crippen LogP contribution in [0, 0.1) is 5.92 Å². The molecule has 1 saturated carbocycles. The molecule has 0 aliphatic heterocycles. The molecule has 0 radical (unpaired) electrons. The standard InChI is InChI=1S/C37H55N7O6.C2HF3O2/c1-25(2)21-30(32(45)23-33(46)41-28-17-10-5-11-18-28)42-35(48)31(22-26-13-6-3-7-14-26)43-34(47)29(19-12-20-40-36(38)39)44-37(49)50-24-27-15-8-4-9-16-27;3-2(4,5)1(6)7/h3-4,6-9,13-16,25,28-32,45H,5,10-12,17-24H2,1-2H3,(H,41,46)(H,42,48)(H,43,47)(H,44,49)(H4,38,39,40);(H,6,7)/t29-,30-,31-,32-;/m0./s1. The number of amides is 4. The van der Waals surface area contributed by atoms with E-state index in [1.54, 1.807) is 0 Å². The number of hydrogen-bond donors (Lipinski definition) is 8. The third-order valence-electron chi connectivity index (χ3n) is 8.81. The van der Waals surface area contributed by atoms with E-state index in [2.05, 4.69) is 26.3 Å². The van der Waals surface area contributed by atoms with Crippen molar-refractivity contribution < 1.29 is 52.1 Å². The number of nitrogens with zero attached hydrogens (tertiary/aromatic N) is 1. The number of aliphatic hydroxyl groups is 1. The van der Waals surface area contributed by atoms with Crippen LogP contribution in [-0.2, 0) is 36.9 Å². The lowest BCUT2D eigenvalue weighted by Crippen LogP contribution is -2.57. The fourth-order valence-electron chi connectivity index (χ4n) is 5.98. The number of carboxylic acids is 1. The first-order chi connectivity index (χ1) is 26.9. The van der Waals surface area contributed by atoms with E-state index in [9.17, 15) is 37.5 Å². The van der Waals surface area contributed by atoms with Crippen molar-refractivity contribution >= 4 is 35.7 Å². The Bertz CT molecular complexity index is 1570. The molecule has 0 aromatic heterocycles. The van der Waals surface area contributed by atoms with Gasteiger partial charge in [0.05, 0.1) is 18.6 Å². The van der Waals surface area contributed by atoms with Gasteiger partial charge in [0.1, 0.15) is 18.7 Å². The van der Waals surface area contributed by atoms with Crippen molar-refractivity contribution in [3.8, 4) is 0 Å². The Morgan fingerprint density at radius 2 is 1.42 bits per heavy atom. The summed E-state index contributed by atoms with van der Waals surface area (Å²) in [7, 11) is 0. The van der Waals surface area contributed by atoms with Gasteiger partial charge in [0.15, 0.2) is 5.96 Å². The molecule has 1 aliphatic rings. The number of aliphatic carboxylic acids is 1. The van der Waals surface area contributed by atoms with Crippen LogP contribution in [-0.4, -0.2) is 88.9 Å². The number of hydrogen-bond acceptors (Lipinski definition) is 8. The molecule has 57 heavy (non-hydrogen) atoms. The van der Waals surface area contributed by atoms with E-state index >= 15 is 0 Å². The van der Waals surface area contributed by atoms with Gasteiger partial charge in [-0.05, 0) is 49.1 Å². The number of nitrogens with one attached hydrogen (secondary N) is 4. The number of halogens is 3. The molecular weight excluding hydrogens is 751 g/mol. The molecule has 0 heterocycles. The van der Waals surface area contributed by atoms with Gasteiger partial charge in [-0.15, -0.1) is 0 Å². The second kappa shape index (κ2) is 25.0. The monoisotopic (exact) mass is 807 g/mol. The fraction of sp³-hybridized carbons (Fsp3) is 0.538. The summed E-state index contributed by atoms with van der Waals surface area (Å²) in [4.78, 5) is 66.2. The lowest BCUT2D eigenvalue weighted by atomic mass is 9.94. The molecule has 4 atom stereocenters. The zero-order chi connectivity index (χ0) is 42.4. The highest BCUT2D eigenvalue weighted by atomic mass is 19.4. The molecule has 15 nitrogen and oxygen atoms in total. The van der Waals surface area contributed by atoms with Crippen LogP contribution in [0.5, 0.6) is 0 Å². The SMILES string of the molecule is CC(C)C[C@H](NC(=O)[C@H](Cc1ccccc1)NC(=O)[C@H](CCCN=C(N)N)NC(=O)OCc1ccccc1)[C@@H](O)CC(=O)NC1CCCCC1.O=C(O)C(F)(F)F. The molecule has 3 rings (SSSR count). The van der Waals surface area contributed by atoms with Crippen LogP contribution in [0.25, 0.3) is 0 Å². The Hall–Kier alpha value is -5.39. The van der Waals surface area contributed by atoms with Crippen LogP contribution in [0.15, 0.2) is 65.7 Å². The van der Waals surface area contributed by atoms with Gasteiger partial charge in [-0.2, -0.15) is 13.2 Å². The summed E-state index contributed by atoms with van der Waals surface area (Å²) in [6.45, 7) is 4.16. The van der Waals surface area contributed by atoms with Crippen LogP contribution in [0.4, 0.5) is 18.0 Å². The van der Waals surface area contributed by atoms with Gasteiger partial charge in [-0.3, -0.25) is 19.4 Å². The molecule has 10 N–H and O–H groups in total. The summed E-state index contributed by atoms with van der Waals surface area (Å²) in [6.07, 6.45) is -0.972. The van der Waals surface area contributed by atoms with Gasteiger partial charge in [0.25, 0.3) is 0 Å². The van der Waals surface area contributed by atoms with Crippen molar-refractivity contribution in [1.82, 2.24) is 21.3 Å². The maximum Gasteiger partial charge on any atom is 0.490 e. The van der Waals surface area contributed by atoms with Gasteiger partial charge in [0.2, 0.25) is 17.7 Å². The zero-order valence-electron chi connectivity index (χ0n) is 32.3. The van der Waals surface area contributed by atoms with Crippen LogP contribution in [0.1, 0.15) is 82.8 Å². The minimum absolute atomic E-state index is 0.00625. The average Bonchev–Trinajstić information content (AvgIpc) is 3.15. The number of aliphatic hydroxyl groups excluding tert-OH is 1. The summed E-state index contributed by atoms with van der Waals surface area (Å²) in [5.41, 5.74) is 12.5. The molecule has 4 amide bonds. The number of ether oxygens (including phenoxy) is 1. The molecule has 1 fully saturated rings. The first-order valence-corrected chi connectivity index (χ1v) is 18.9. The second-order valence-corrected chi connectivity index (χ2v) is 14.2. The highest BCUT2D eigenvalue weighted by Crippen LogP contribution is 2.19. The summed E-state index contributed by atoms with van der Waals surface area (Å²) in [5, 5.41) is 29.7. The van der Waals surface area contributed by atoms with E-state index in [4.69, 9.17) is 26.1 Å². The lowest BCUT2D eigenvalue weighted by molar-refractivity contribution is -0.192. The van der Waals surface area contributed by atoms with Crippen LogP contribution < -0.4 is 32.7 Å². The van der Waals surface area contributed by atoms with Gasteiger partial charge >= 0.3 is 18.2 Å². The Kier molecular flexibility index (Phi) is 20.9. The van der Waals surface area contributed by atoms with Crippen molar-refractivity contribution in [3.05, 3.63) is 71.8 Å². The number of guanidine groups is 1. The number of nitrogens with two attached hydrogens (primary N) is 2. The van der Waals surface area contributed by atoms with Crippen molar-refractivity contribution in [3.63, 3.8) is 0 Å². The second-order valence-electron chi connectivity index (χ2n) is 14.2. The number of aliphatic imine (C=N–C) groups is 1. The summed E-state index contributed by atoms with van der Waals surface area (Å²) in [6, 6.07) is 15.5. The predicted molar refractivity (Wildman–Crippen MR) is 206 cm³/mol. The van der Waals surface area contributed by atoms with Crippen molar-refractivity contribution in [2.75, 3.05) is 6.54 Å². The Labute approximate surface area is 330 Å². The molecule has 2 aromatic carbocycles. The number of alkyl halides is 3. The molecule has 0 unspecified atom stereocenters. The molecule has 0 saturated heterocycles. The van der Waals surface area contributed by atoms with Crippen molar-refractivity contribution in [2.24, 2.45) is 22.4 Å². The number of rotatable bonds is 19. The minimum Gasteiger partial charge on any atom is -0.475 e. The molecule has 316 valence electrons. The molecule has 0 spiro atoms. The predicted octanol–water partition coefficient (Wildman–Crippen LogP) is 3.43. The van der Waals surface area contributed by atoms with Crippen LogP contribution in [0.2, 0.25) is 0 Å². The van der Waals surface area contributed by atoms with Crippen molar-refractivity contribution in [2.45, 2.75) is 121 Å². The molecule has 18 heteroatoms. The number of benzene rings is 2. The first-order valence-electron chi connectivity index (χ1n) is 18.9. The van der Waals surface area contributed by atoms with E-state index in [1.807, 2.05) is 74.5 Å². The maximum atomic E-state index is 13.9. The fourth-order valence-corrected chi connectivity index (χ4v) is 5.98. The quantitative estimate of drug-likeness (QED) is 0.0584. The van der Waals surface area contributed by atoms with E-state index in [1.165, 1.54) is 0 Å². The number of carbonyl (C=O) groups excluding carboxylic acids is 4. The highest BCUT2D eigenvalue weighted by Gasteiger charge is 2.38. The minimum atomic E-state index is -5.08. The van der Waals surface area contributed by atoms with E-state index in [0.29, 0.717) is 12.8 Å². The van der Waals surface area contributed by atoms with E-state index in [0.717, 1.165) is 43.2 Å². The first kappa shape index (κ1) is 47.8. The Morgan fingerprint density at radius 3 is 1.96 bits per heavy atom. The Morgan fingerprint density at radius 1 is 0.860 bits per heavy atom. The largest absolute Gasteiger partial charge is 0.490 e. The zero-order valence-corrected chi connectivity index (χ0v) is 32.3. The van der Waals surface area contributed by atoms with Gasteiger partial charge in [0, 0.05) is 19.0 Å². The molecule has 0 bridgehead atoms. The van der Waals surface area contributed by atoms with Crippen LogP contribution >= 0.6 is 0 Å². The molecule has 2 aromatic rings. The van der Waals surface area contributed by atoms with E-state index in [-0.39, 0.29) is 56.2 Å². The molecule has 1 aliphatic carbocycles. The summed E-state index contributed by atoms with van der Waals surface area (Å²) >= 11 is 0. The Balaban J connectivity index is 0.00000146. The summed E-state index contributed by atoms with van der Waals surface area (Å²) < 4.78 is 37.1. The number of carboxylic acid groups (broad SMARTS) is 1. The normalized spacial score (nSPS) is 15.0. The number of alkyl carbamates (subject to hydrolysis) is 1. The maximum absolute atomic E-state index is 13.9. The van der Waals surface area contributed by atoms with E-state index < -0.39 is 54.3 Å². The van der Waals surface area contributed by atoms with Crippen LogP contribution in [0.3, 0.4) is 0 Å². The third kappa shape index (κ3) is 20.4.